The fraction of sp³-hybridized carbons (Fsp3) is 0.520. The van der Waals surface area contributed by atoms with Crippen molar-refractivity contribution < 1.29 is 31.9 Å². The van der Waals surface area contributed by atoms with Gasteiger partial charge in [-0.15, -0.1) is 0 Å². The molecule has 0 spiro atoms. The predicted molar refractivity (Wildman–Crippen MR) is 255 cm³/mol. The maximum Gasteiger partial charge on any atom is 0.419 e. The van der Waals surface area contributed by atoms with Gasteiger partial charge in [0, 0.05) is 113 Å². The van der Waals surface area contributed by atoms with Gasteiger partial charge in [0.1, 0.15) is 30.3 Å². The molecule has 1 aromatic heterocycles. The summed E-state index contributed by atoms with van der Waals surface area (Å²) in [5.74, 6) is 0.883. The van der Waals surface area contributed by atoms with Crippen LogP contribution in [-0.4, -0.2) is 140 Å². The Hall–Kier alpha value is -5.07. The van der Waals surface area contributed by atoms with Crippen molar-refractivity contribution in [3.8, 4) is 5.75 Å². The number of halogens is 5. The zero-order valence-corrected chi connectivity index (χ0v) is 39.5. The van der Waals surface area contributed by atoms with Gasteiger partial charge < -0.3 is 35.8 Å². The molecule has 8 rings (SSSR count). The summed E-state index contributed by atoms with van der Waals surface area (Å²) in [6.45, 7) is 13.3. The fourth-order valence-electron chi connectivity index (χ4n) is 10.0. The zero-order chi connectivity index (χ0) is 47.8. The number of alkyl halides is 3. The highest BCUT2D eigenvalue weighted by molar-refractivity contribution is 6.30. The lowest BCUT2D eigenvalue weighted by Gasteiger charge is -2.38. The summed E-state index contributed by atoms with van der Waals surface area (Å²) in [5.41, 5.74) is 9.75. The van der Waals surface area contributed by atoms with Crippen LogP contribution in [0.15, 0.2) is 67.0 Å². The largest absolute Gasteiger partial charge is 0.489 e. The fourth-order valence-corrected chi connectivity index (χ4v) is 10.2. The van der Waals surface area contributed by atoms with Crippen molar-refractivity contribution in [3.63, 3.8) is 0 Å². The number of carbonyl (C=O) groups is 2. The summed E-state index contributed by atoms with van der Waals surface area (Å²) in [5, 5.41) is 7.11. The number of likely N-dealkylation sites (tertiary alicyclic amines) is 1. The molecule has 2 atom stereocenters. The van der Waals surface area contributed by atoms with Crippen LogP contribution < -0.4 is 26.0 Å². The van der Waals surface area contributed by atoms with Crippen molar-refractivity contribution in [2.24, 2.45) is 5.92 Å². The quantitative estimate of drug-likeness (QED) is 0.0638. The first kappa shape index (κ1) is 49.4. The SMILES string of the molecule is CC1CCc2ncnc(N3CCN(C(=O)C(CNCCNC(=O)CN4CCN(CC5CCN(Cc6cc(N)ccc6OCc6ccc(F)c(C(F)(F)F)c6)CC5)CC4)c4ccc(Cl)cc4)CC3)c21. The maximum absolute atomic E-state index is 14.1. The Kier molecular flexibility index (Phi) is 16.4. The Bertz CT molecular complexity index is 2340. The minimum Gasteiger partial charge on any atom is -0.489 e. The third kappa shape index (κ3) is 12.8. The summed E-state index contributed by atoms with van der Waals surface area (Å²) >= 11 is 6.22. The van der Waals surface area contributed by atoms with E-state index in [-0.39, 0.29) is 24.0 Å². The number of nitrogens with one attached hydrogen (secondary N) is 2. The lowest BCUT2D eigenvalue weighted by Crippen LogP contribution is -2.52. The molecule has 3 aromatic carbocycles. The molecule has 68 heavy (non-hydrogen) atoms. The number of piperidine rings is 1. The number of ether oxygens (including phenoxy) is 1. The molecule has 0 bridgehead atoms. The highest BCUT2D eigenvalue weighted by Gasteiger charge is 2.35. The summed E-state index contributed by atoms with van der Waals surface area (Å²) < 4.78 is 59.5. The standard InChI is InChI=1S/C50H63ClF4N10O3/c1-34-2-10-44-47(34)48(60-33-59-44)64-22-24-65(25-23-64)49(67)41(37-4-6-39(51)7-5-37)28-57-14-15-58-46(66)31-63-20-18-62(19-21-63)29-35-12-16-61(17-13-35)30-38-27-40(56)8-11-45(38)68-32-36-3-9-43(52)42(26-36)50(53,54)55/h3-9,11,26-27,33-35,41,57H,2,10,12-25,28-32,56H2,1H3,(H,58,66). The van der Waals surface area contributed by atoms with Crippen LogP contribution in [-0.2, 0) is 35.3 Å². The monoisotopic (exact) mass is 962 g/mol. The molecule has 3 fully saturated rings. The first-order valence-electron chi connectivity index (χ1n) is 23.9. The Morgan fingerprint density at radius 2 is 1.60 bits per heavy atom. The Morgan fingerprint density at radius 1 is 0.868 bits per heavy atom. The number of rotatable bonds is 17. The number of nitrogens with two attached hydrogens (primary N) is 1. The first-order chi connectivity index (χ1) is 32.8. The number of carbonyl (C=O) groups excluding carboxylic acids is 2. The molecule has 3 saturated heterocycles. The second kappa shape index (κ2) is 22.6. The van der Waals surface area contributed by atoms with E-state index in [4.69, 9.17) is 22.1 Å². The van der Waals surface area contributed by atoms with Gasteiger partial charge in [0.25, 0.3) is 0 Å². The first-order valence-corrected chi connectivity index (χ1v) is 24.3. The van der Waals surface area contributed by atoms with Crippen LogP contribution in [0.1, 0.15) is 71.5 Å². The average Bonchev–Trinajstić information content (AvgIpc) is 3.72. The number of nitrogen functional groups attached to an aromatic ring is 1. The van der Waals surface area contributed by atoms with E-state index in [1.54, 1.807) is 18.5 Å². The third-order valence-corrected chi connectivity index (χ3v) is 14.2. The van der Waals surface area contributed by atoms with Crippen molar-refractivity contribution in [2.75, 3.05) is 109 Å². The van der Waals surface area contributed by atoms with Crippen LogP contribution in [0.25, 0.3) is 0 Å². The molecule has 0 radical (unpaired) electrons. The lowest BCUT2D eigenvalue weighted by atomic mass is 9.95. The van der Waals surface area contributed by atoms with Gasteiger partial charge in [-0.3, -0.25) is 19.4 Å². The predicted octanol–water partition coefficient (Wildman–Crippen LogP) is 6.17. The van der Waals surface area contributed by atoms with Crippen LogP contribution in [0, 0.1) is 11.7 Å². The van der Waals surface area contributed by atoms with Crippen LogP contribution in [0.5, 0.6) is 5.75 Å². The summed E-state index contributed by atoms with van der Waals surface area (Å²) in [4.78, 5) is 47.5. The van der Waals surface area contributed by atoms with Crippen molar-refractivity contribution in [1.82, 2.24) is 40.2 Å². The van der Waals surface area contributed by atoms with E-state index < -0.39 is 23.5 Å². The Morgan fingerprint density at radius 3 is 2.34 bits per heavy atom. The third-order valence-electron chi connectivity index (χ3n) is 14.0. The average molecular weight is 964 g/mol. The number of aromatic nitrogens is 2. The van der Waals surface area contributed by atoms with Gasteiger partial charge in [0.15, 0.2) is 0 Å². The van der Waals surface area contributed by atoms with Crippen LogP contribution >= 0.6 is 11.6 Å². The van der Waals surface area contributed by atoms with Crippen LogP contribution in [0.3, 0.4) is 0 Å². The number of hydrogen-bond donors (Lipinski definition) is 3. The van der Waals surface area contributed by atoms with E-state index in [1.165, 1.54) is 11.6 Å². The number of piperazine rings is 2. The molecule has 366 valence electrons. The van der Waals surface area contributed by atoms with Gasteiger partial charge >= 0.3 is 6.18 Å². The van der Waals surface area contributed by atoms with Crippen molar-refractivity contribution in [3.05, 3.63) is 111 Å². The maximum atomic E-state index is 14.1. The number of amides is 2. The van der Waals surface area contributed by atoms with Gasteiger partial charge in [-0.05, 0) is 104 Å². The van der Waals surface area contributed by atoms with Gasteiger partial charge in [-0.25, -0.2) is 14.4 Å². The van der Waals surface area contributed by atoms with E-state index >= 15 is 0 Å². The van der Waals surface area contributed by atoms with E-state index in [9.17, 15) is 27.2 Å². The van der Waals surface area contributed by atoms with Crippen molar-refractivity contribution in [1.29, 1.82) is 0 Å². The molecule has 4 heterocycles. The number of fused-ring (bicyclic) bond motifs is 1. The number of benzene rings is 3. The van der Waals surface area contributed by atoms with Gasteiger partial charge in [0.2, 0.25) is 11.8 Å². The second-order valence-electron chi connectivity index (χ2n) is 18.7. The zero-order valence-electron chi connectivity index (χ0n) is 38.8. The molecule has 2 amide bonds. The Labute approximate surface area is 401 Å². The summed E-state index contributed by atoms with van der Waals surface area (Å²) in [6, 6.07) is 15.7. The van der Waals surface area contributed by atoms with E-state index in [1.807, 2.05) is 35.2 Å². The molecule has 2 unspecified atom stereocenters. The molecule has 13 nitrogen and oxygen atoms in total. The number of nitrogens with zero attached hydrogens (tertiary/aromatic N) is 7. The van der Waals surface area contributed by atoms with E-state index in [0.29, 0.717) is 87.2 Å². The highest BCUT2D eigenvalue weighted by Crippen LogP contribution is 2.38. The molecule has 3 aliphatic heterocycles. The number of anilines is 2. The Balaban J connectivity index is 0.719. The van der Waals surface area contributed by atoms with E-state index in [2.05, 4.69) is 47.1 Å². The summed E-state index contributed by atoms with van der Waals surface area (Å²) in [6.07, 6.45) is 1.02. The van der Waals surface area contributed by atoms with Crippen LogP contribution in [0.2, 0.25) is 5.02 Å². The molecule has 1 aliphatic carbocycles. The smallest absolute Gasteiger partial charge is 0.419 e. The van der Waals surface area contributed by atoms with Gasteiger partial charge in [-0.1, -0.05) is 36.7 Å². The lowest BCUT2D eigenvalue weighted by molar-refractivity contribution is -0.140. The minimum absolute atomic E-state index is 0.0145. The van der Waals surface area contributed by atoms with Crippen molar-refractivity contribution >= 4 is 34.9 Å². The molecule has 4 aromatic rings. The number of aryl methyl sites for hydroxylation is 1. The van der Waals surface area contributed by atoms with Crippen molar-refractivity contribution in [2.45, 2.75) is 63.8 Å². The number of hydrogen-bond acceptors (Lipinski definition) is 11. The molecule has 4 aliphatic rings. The molecular formula is C50H63ClF4N10O3. The van der Waals surface area contributed by atoms with Gasteiger partial charge in [0.05, 0.1) is 18.0 Å². The highest BCUT2D eigenvalue weighted by atomic mass is 35.5. The van der Waals surface area contributed by atoms with E-state index in [0.717, 1.165) is 106 Å². The topological polar surface area (TPSA) is 135 Å². The van der Waals surface area contributed by atoms with Crippen LogP contribution in [0.4, 0.5) is 29.1 Å². The normalized spacial score (nSPS) is 19.2. The second-order valence-corrected chi connectivity index (χ2v) is 19.2. The minimum atomic E-state index is -4.79. The molecule has 4 N–H and O–H groups in total. The van der Waals surface area contributed by atoms with Gasteiger partial charge in [-0.2, -0.15) is 13.2 Å². The summed E-state index contributed by atoms with van der Waals surface area (Å²) in [7, 11) is 0. The molecule has 0 saturated carbocycles. The molecular weight excluding hydrogens is 900 g/mol. The molecule has 18 heteroatoms.